The number of rotatable bonds is 2. The maximum atomic E-state index is 6.80. The second-order valence-corrected chi connectivity index (χ2v) is 7.10. The van der Waals surface area contributed by atoms with Crippen LogP contribution in [0.5, 0.6) is 5.75 Å². The Morgan fingerprint density at radius 2 is 1.86 bits per heavy atom. The Morgan fingerprint density at radius 1 is 1.10 bits per heavy atom. The van der Waals surface area contributed by atoms with Gasteiger partial charge in [-0.05, 0) is 33.7 Å². The van der Waals surface area contributed by atoms with E-state index in [9.17, 15) is 0 Å². The van der Waals surface area contributed by atoms with Gasteiger partial charge in [-0.3, -0.25) is 0 Å². The van der Waals surface area contributed by atoms with Crippen molar-refractivity contribution in [2.45, 2.75) is 38.0 Å². The molecule has 0 aromatic heterocycles. The summed E-state index contributed by atoms with van der Waals surface area (Å²) in [5.74, 6) is 1.01. The van der Waals surface area contributed by atoms with Gasteiger partial charge in [0.1, 0.15) is 5.75 Å². The van der Waals surface area contributed by atoms with Gasteiger partial charge < -0.3 is 4.74 Å². The molecule has 1 heterocycles. The summed E-state index contributed by atoms with van der Waals surface area (Å²) < 4.78 is 5.57. The van der Waals surface area contributed by atoms with Crippen LogP contribution >= 0.6 is 11.6 Å². The fourth-order valence-electron chi connectivity index (χ4n) is 2.94. The molecule has 1 unspecified atom stereocenters. The summed E-state index contributed by atoms with van der Waals surface area (Å²) in [4.78, 5) is 0. The van der Waals surface area contributed by atoms with Crippen molar-refractivity contribution in [3.05, 3.63) is 64.7 Å². The number of alkyl halides is 1. The van der Waals surface area contributed by atoms with Gasteiger partial charge in [-0.25, -0.2) is 0 Å². The Balaban J connectivity index is 2.01. The number of ether oxygens (including phenoxy) is 1. The first-order valence-electron chi connectivity index (χ1n) is 7.46. The minimum Gasteiger partial charge on any atom is -0.493 e. The van der Waals surface area contributed by atoms with Crippen molar-refractivity contribution in [1.82, 2.24) is 0 Å². The second kappa shape index (κ2) is 5.38. The molecular formula is C19H21ClO. The molecule has 2 aromatic carbocycles. The van der Waals surface area contributed by atoms with E-state index >= 15 is 0 Å². The molecule has 1 aliphatic rings. The quantitative estimate of drug-likeness (QED) is 0.689. The Hall–Kier alpha value is -1.47. The predicted octanol–water partition coefficient (Wildman–Crippen LogP) is 5.25. The van der Waals surface area contributed by atoms with E-state index in [0.29, 0.717) is 0 Å². The molecule has 21 heavy (non-hydrogen) atoms. The van der Waals surface area contributed by atoms with E-state index < -0.39 is 0 Å². The molecule has 0 spiro atoms. The number of fused-ring (bicyclic) bond motifs is 1. The molecule has 0 bridgehead atoms. The summed E-state index contributed by atoms with van der Waals surface area (Å²) in [7, 11) is 0. The summed E-state index contributed by atoms with van der Waals surface area (Å²) in [6.07, 6.45) is 0.980. The van der Waals surface area contributed by atoms with Crippen molar-refractivity contribution in [3.8, 4) is 5.75 Å². The number of hydrogen-bond donors (Lipinski definition) is 0. The zero-order chi connectivity index (χ0) is 15.0. The Labute approximate surface area is 131 Å². The van der Waals surface area contributed by atoms with E-state index in [2.05, 4.69) is 57.2 Å². The zero-order valence-electron chi connectivity index (χ0n) is 12.8. The van der Waals surface area contributed by atoms with Crippen molar-refractivity contribution in [2.24, 2.45) is 0 Å². The van der Waals surface area contributed by atoms with Crippen LogP contribution in [0.4, 0.5) is 0 Å². The van der Waals surface area contributed by atoms with Crippen LogP contribution in [0.1, 0.15) is 48.4 Å². The van der Waals surface area contributed by atoms with Gasteiger partial charge in [0.2, 0.25) is 0 Å². The lowest BCUT2D eigenvalue weighted by Crippen LogP contribution is -2.15. The van der Waals surface area contributed by atoms with Crippen LogP contribution in [0.15, 0.2) is 42.5 Å². The van der Waals surface area contributed by atoms with Crippen LogP contribution < -0.4 is 4.74 Å². The lowest BCUT2D eigenvalue weighted by atomic mass is 9.82. The van der Waals surface area contributed by atoms with Crippen LogP contribution in [0.2, 0.25) is 0 Å². The molecule has 0 amide bonds. The largest absolute Gasteiger partial charge is 0.493 e. The van der Waals surface area contributed by atoms with Crippen molar-refractivity contribution in [2.75, 3.05) is 6.61 Å². The topological polar surface area (TPSA) is 9.23 Å². The third-order valence-corrected chi connectivity index (χ3v) is 4.54. The summed E-state index contributed by atoms with van der Waals surface area (Å²) in [5.41, 5.74) is 5.01. The van der Waals surface area contributed by atoms with Crippen LogP contribution in [0.25, 0.3) is 0 Å². The molecule has 3 rings (SSSR count). The molecule has 0 saturated carbocycles. The molecule has 0 saturated heterocycles. The number of halogens is 1. The summed E-state index contributed by atoms with van der Waals surface area (Å²) >= 11 is 6.80. The highest BCUT2D eigenvalue weighted by Crippen LogP contribution is 2.38. The van der Waals surface area contributed by atoms with Crippen molar-refractivity contribution in [3.63, 3.8) is 0 Å². The first kappa shape index (κ1) is 14.5. The van der Waals surface area contributed by atoms with Gasteiger partial charge in [-0.1, -0.05) is 57.2 Å². The van der Waals surface area contributed by atoms with Gasteiger partial charge in [0.05, 0.1) is 12.0 Å². The molecule has 0 N–H and O–H groups in total. The van der Waals surface area contributed by atoms with E-state index in [1.54, 1.807) is 0 Å². The van der Waals surface area contributed by atoms with Crippen LogP contribution in [-0.4, -0.2) is 6.61 Å². The second-order valence-electron chi connectivity index (χ2n) is 6.67. The average molecular weight is 301 g/mol. The Kier molecular flexibility index (Phi) is 3.71. The monoisotopic (exact) mass is 300 g/mol. The standard InChI is InChI=1S/C19H21ClO/c1-19(2,3)16-7-5-4-6-15(16)18(20)14-8-9-17-13(12-14)10-11-21-17/h4-9,12,18H,10-11H2,1-3H3. The van der Waals surface area contributed by atoms with Crippen LogP contribution in [-0.2, 0) is 11.8 Å². The highest BCUT2D eigenvalue weighted by atomic mass is 35.5. The molecule has 2 aromatic rings. The fraction of sp³-hybridized carbons (Fsp3) is 0.368. The maximum Gasteiger partial charge on any atom is 0.122 e. The van der Waals surface area contributed by atoms with Gasteiger partial charge in [0.25, 0.3) is 0 Å². The third kappa shape index (κ3) is 2.80. The van der Waals surface area contributed by atoms with E-state index in [-0.39, 0.29) is 10.8 Å². The normalized spacial score (nSPS) is 15.4. The lowest BCUT2D eigenvalue weighted by molar-refractivity contribution is 0.357. The van der Waals surface area contributed by atoms with Gasteiger partial charge in [0, 0.05) is 6.42 Å². The third-order valence-electron chi connectivity index (χ3n) is 4.05. The molecule has 1 atom stereocenters. The molecule has 2 heteroatoms. The lowest BCUT2D eigenvalue weighted by Gasteiger charge is -2.25. The van der Waals surface area contributed by atoms with Crippen molar-refractivity contribution in [1.29, 1.82) is 0 Å². The van der Waals surface area contributed by atoms with Gasteiger partial charge in [0.15, 0.2) is 0 Å². The highest BCUT2D eigenvalue weighted by molar-refractivity contribution is 6.22. The highest BCUT2D eigenvalue weighted by Gasteiger charge is 2.23. The van der Waals surface area contributed by atoms with Gasteiger partial charge in [-0.15, -0.1) is 11.6 Å². The molecule has 1 nitrogen and oxygen atoms in total. The maximum absolute atomic E-state index is 6.80. The minimum absolute atomic E-state index is 0.0869. The Bertz CT molecular complexity index is 655. The zero-order valence-corrected chi connectivity index (χ0v) is 13.6. The molecule has 0 aliphatic carbocycles. The predicted molar refractivity (Wildman–Crippen MR) is 88.5 cm³/mol. The minimum atomic E-state index is -0.119. The van der Waals surface area contributed by atoms with E-state index in [1.165, 1.54) is 16.7 Å². The summed E-state index contributed by atoms with van der Waals surface area (Å²) in [6.45, 7) is 7.47. The fourth-order valence-corrected chi connectivity index (χ4v) is 3.27. The van der Waals surface area contributed by atoms with Gasteiger partial charge >= 0.3 is 0 Å². The number of hydrogen-bond acceptors (Lipinski definition) is 1. The van der Waals surface area contributed by atoms with Crippen molar-refractivity contribution >= 4 is 11.6 Å². The molecule has 0 fully saturated rings. The SMILES string of the molecule is CC(C)(C)c1ccccc1C(Cl)c1ccc2c(c1)CCO2. The van der Waals surface area contributed by atoms with E-state index in [4.69, 9.17) is 16.3 Å². The average Bonchev–Trinajstić information content (AvgIpc) is 2.93. The van der Waals surface area contributed by atoms with Gasteiger partial charge in [-0.2, -0.15) is 0 Å². The molecule has 1 aliphatic heterocycles. The van der Waals surface area contributed by atoms with Crippen molar-refractivity contribution < 1.29 is 4.74 Å². The summed E-state index contributed by atoms with van der Waals surface area (Å²) in [6, 6.07) is 14.8. The van der Waals surface area contributed by atoms with Crippen LogP contribution in [0, 0.1) is 0 Å². The van der Waals surface area contributed by atoms with E-state index in [0.717, 1.165) is 24.3 Å². The Morgan fingerprint density at radius 3 is 2.62 bits per heavy atom. The number of benzene rings is 2. The molecular weight excluding hydrogens is 280 g/mol. The smallest absolute Gasteiger partial charge is 0.122 e. The van der Waals surface area contributed by atoms with E-state index in [1.807, 2.05) is 6.07 Å². The summed E-state index contributed by atoms with van der Waals surface area (Å²) in [5, 5.41) is -0.119. The molecule has 110 valence electrons. The first-order valence-corrected chi connectivity index (χ1v) is 7.89. The first-order chi connectivity index (χ1) is 9.97. The van der Waals surface area contributed by atoms with Crippen LogP contribution in [0.3, 0.4) is 0 Å². The molecule has 0 radical (unpaired) electrons.